The molecule has 1 saturated heterocycles. The number of ether oxygens (including phenoxy) is 1. The minimum Gasteiger partial charge on any atom is -0.373 e. The molecule has 1 N–H and O–H groups in total. The summed E-state index contributed by atoms with van der Waals surface area (Å²) in [5, 5.41) is 0. The molecular weight excluding hydrogens is 292 g/mol. The average Bonchev–Trinajstić information content (AvgIpc) is 3.08. The second-order valence-corrected chi connectivity index (χ2v) is 5.99. The van der Waals surface area contributed by atoms with E-state index >= 15 is 0 Å². The van der Waals surface area contributed by atoms with Crippen LogP contribution in [0.25, 0.3) is 0 Å². The summed E-state index contributed by atoms with van der Waals surface area (Å²) >= 11 is 0. The quantitative estimate of drug-likeness (QED) is 0.930. The van der Waals surface area contributed by atoms with E-state index < -0.39 is 0 Å². The minimum atomic E-state index is -0.108. The fourth-order valence-electron chi connectivity index (χ4n) is 3.05. The van der Waals surface area contributed by atoms with E-state index in [1.807, 2.05) is 37.2 Å². The third-order valence-corrected chi connectivity index (χ3v) is 4.03. The van der Waals surface area contributed by atoms with Crippen LogP contribution in [-0.4, -0.2) is 65.6 Å². The van der Waals surface area contributed by atoms with E-state index in [1.54, 1.807) is 6.20 Å². The fourth-order valence-corrected chi connectivity index (χ4v) is 3.05. The number of nitrogens with zero attached hydrogens (tertiary/aromatic N) is 3. The molecular formula is C17H22N4O2. The first kappa shape index (κ1) is 15.7. The minimum absolute atomic E-state index is 0.0385. The smallest absolute Gasteiger partial charge is 0.272 e. The summed E-state index contributed by atoms with van der Waals surface area (Å²) in [4.78, 5) is 23.7. The van der Waals surface area contributed by atoms with Crippen molar-refractivity contribution in [2.24, 2.45) is 0 Å². The molecule has 1 aromatic carbocycles. The van der Waals surface area contributed by atoms with Crippen LogP contribution in [0.2, 0.25) is 0 Å². The lowest BCUT2D eigenvalue weighted by Gasteiger charge is -2.42. The van der Waals surface area contributed by atoms with Gasteiger partial charge in [-0.3, -0.25) is 4.79 Å². The van der Waals surface area contributed by atoms with Crippen molar-refractivity contribution >= 4 is 5.91 Å². The van der Waals surface area contributed by atoms with Crippen LogP contribution < -0.4 is 0 Å². The highest BCUT2D eigenvalue weighted by atomic mass is 16.5. The standard InChI is InChI=1S/C17H22N4O2/c1-20(2)11-15-16(13-6-4-3-5-7-13)21(8-9-23-15)17(22)14-10-18-12-19-14/h3-7,10,12,15-16H,8-9,11H2,1-2H3,(H,18,19)/t15-,16-/m0/s1. The molecule has 1 fully saturated rings. The molecule has 6 nitrogen and oxygen atoms in total. The van der Waals surface area contributed by atoms with Crippen LogP contribution in [0, 0.1) is 0 Å². The Bertz CT molecular complexity index is 627. The van der Waals surface area contributed by atoms with Gasteiger partial charge in [-0.15, -0.1) is 0 Å². The number of morpholine rings is 1. The van der Waals surface area contributed by atoms with E-state index in [4.69, 9.17) is 4.74 Å². The van der Waals surface area contributed by atoms with Gasteiger partial charge in [-0.1, -0.05) is 30.3 Å². The Kier molecular flexibility index (Phi) is 4.73. The summed E-state index contributed by atoms with van der Waals surface area (Å²) in [7, 11) is 4.03. The van der Waals surface area contributed by atoms with Crippen LogP contribution in [0.5, 0.6) is 0 Å². The molecule has 0 spiro atoms. The Morgan fingerprint density at radius 3 is 2.83 bits per heavy atom. The van der Waals surface area contributed by atoms with Crippen molar-refractivity contribution in [1.82, 2.24) is 19.8 Å². The number of H-pyrrole nitrogens is 1. The van der Waals surface area contributed by atoms with Crippen LogP contribution >= 0.6 is 0 Å². The molecule has 6 heteroatoms. The summed E-state index contributed by atoms with van der Waals surface area (Å²) in [6, 6.07) is 9.97. The van der Waals surface area contributed by atoms with Crippen molar-refractivity contribution in [3.8, 4) is 0 Å². The van der Waals surface area contributed by atoms with Crippen LogP contribution in [0.1, 0.15) is 22.1 Å². The van der Waals surface area contributed by atoms with Crippen molar-refractivity contribution in [1.29, 1.82) is 0 Å². The number of imidazole rings is 1. The molecule has 1 amide bonds. The highest BCUT2D eigenvalue weighted by Crippen LogP contribution is 2.31. The number of rotatable bonds is 4. The van der Waals surface area contributed by atoms with Gasteiger partial charge in [-0.05, 0) is 19.7 Å². The molecule has 0 bridgehead atoms. The number of likely N-dealkylation sites (N-methyl/N-ethyl adjacent to an activating group) is 1. The number of aromatic amines is 1. The number of carbonyl (C=O) groups excluding carboxylic acids is 1. The Morgan fingerprint density at radius 2 is 2.17 bits per heavy atom. The van der Waals surface area contributed by atoms with Gasteiger partial charge in [0, 0.05) is 13.1 Å². The molecule has 23 heavy (non-hydrogen) atoms. The molecule has 122 valence electrons. The third-order valence-electron chi connectivity index (χ3n) is 4.03. The highest BCUT2D eigenvalue weighted by Gasteiger charge is 2.37. The van der Waals surface area contributed by atoms with Gasteiger partial charge in [0.25, 0.3) is 5.91 Å². The van der Waals surface area contributed by atoms with E-state index in [2.05, 4.69) is 27.0 Å². The van der Waals surface area contributed by atoms with Gasteiger partial charge in [0.2, 0.25) is 0 Å². The Labute approximate surface area is 136 Å². The van der Waals surface area contributed by atoms with Gasteiger partial charge >= 0.3 is 0 Å². The lowest BCUT2D eigenvalue weighted by molar-refractivity contribution is -0.0685. The zero-order chi connectivity index (χ0) is 16.2. The Balaban J connectivity index is 1.93. The number of benzene rings is 1. The molecule has 0 radical (unpaired) electrons. The molecule has 2 heterocycles. The second kappa shape index (κ2) is 6.93. The maximum absolute atomic E-state index is 12.9. The normalized spacial score (nSPS) is 21.6. The van der Waals surface area contributed by atoms with Crippen molar-refractivity contribution in [2.45, 2.75) is 12.1 Å². The monoisotopic (exact) mass is 314 g/mol. The SMILES string of the molecule is CN(C)C[C@@H]1OCCN(C(=O)c2cnc[nH]2)[C@H]1c1ccccc1. The van der Waals surface area contributed by atoms with Crippen molar-refractivity contribution in [3.63, 3.8) is 0 Å². The molecule has 0 saturated carbocycles. The summed E-state index contributed by atoms with van der Waals surface area (Å²) in [5.41, 5.74) is 1.60. The number of hydrogen-bond donors (Lipinski definition) is 1. The van der Waals surface area contributed by atoms with Crippen molar-refractivity contribution < 1.29 is 9.53 Å². The maximum atomic E-state index is 12.9. The predicted molar refractivity (Wildman–Crippen MR) is 87.1 cm³/mol. The zero-order valence-corrected chi connectivity index (χ0v) is 13.5. The van der Waals surface area contributed by atoms with Gasteiger partial charge in [0.15, 0.2) is 0 Å². The third kappa shape index (κ3) is 3.43. The molecule has 1 aromatic heterocycles. The molecule has 2 atom stereocenters. The first-order valence-corrected chi connectivity index (χ1v) is 7.77. The van der Waals surface area contributed by atoms with Crippen molar-refractivity contribution in [3.05, 3.63) is 54.1 Å². The number of amides is 1. The molecule has 0 aliphatic carbocycles. The van der Waals surface area contributed by atoms with Crippen LogP contribution in [0.15, 0.2) is 42.9 Å². The first-order valence-electron chi connectivity index (χ1n) is 7.77. The van der Waals surface area contributed by atoms with Gasteiger partial charge < -0.3 is 19.5 Å². The topological polar surface area (TPSA) is 61.5 Å². The van der Waals surface area contributed by atoms with E-state index in [0.717, 1.165) is 12.1 Å². The highest BCUT2D eigenvalue weighted by molar-refractivity contribution is 5.92. The maximum Gasteiger partial charge on any atom is 0.272 e. The van der Waals surface area contributed by atoms with Crippen LogP contribution in [0.4, 0.5) is 0 Å². The van der Waals surface area contributed by atoms with Gasteiger partial charge in [0.05, 0.1) is 31.3 Å². The summed E-state index contributed by atoms with van der Waals surface area (Å²) < 4.78 is 5.99. The largest absolute Gasteiger partial charge is 0.373 e. The lowest BCUT2D eigenvalue weighted by atomic mass is 9.97. The molecule has 2 aromatic rings. The van der Waals surface area contributed by atoms with Gasteiger partial charge in [0.1, 0.15) is 5.69 Å². The van der Waals surface area contributed by atoms with E-state index in [9.17, 15) is 4.79 Å². The predicted octanol–water partition coefficient (Wildman–Crippen LogP) is 1.55. The zero-order valence-electron chi connectivity index (χ0n) is 13.5. The summed E-state index contributed by atoms with van der Waals surface area (Å²) in [5.74, 6) is -0.0385. The number of carbonyl (C=O) groups is 1. The average molecular weight is 314 g/mol. The fraction of sp³-hybridized carbons (Fsp3) is 0.412. The summed E-state index contributed by atoms with van der Waals surface area (Å²) in [6.45, 7) is 1.87. The Morgan fingerprint density at radius 1 is 1.39 bits per heavy atom. The van der Waals surface area contributed by atoms with Crippen molar-refractivity contribution in [2.75, 3.05) is 33.8 Å². The van der Waals surface area contributed by atoms with Crippen LogP contribution in [-0.2, 0) is 4.74 Å². The Hall–Kier alpha value is -2.18. The lowest BCUT2D eigenvalue weighted by Crippen LogP contribution is -2.51. The van der Waals surface area contributed by atoms with E-state index in [1.165, 1.54) is 6.33 Å². The van der Waals surface area contributed by atoms with E-state index in [0.29, 0.717) is 18.8 Å². The summed E-state index contributed by atoms with van der Waals surface area (Å²) in [6.07, 6.45) is 3.04. The molecule has 1 aliphatic rings. The molecule has 1 aliphatic heterocycles. The van der Waals surface area contributed by atoms with E-state index in [-0.39, 0.29) is 18.1 Å². The number of aromatic nitrogens is 2. The number of nitrogens with one attached hydrogen (secondary N) is 1. The van der Waals surface area contributed by atoms with Crippen LogP contribution in [0.3, 0.4) is 0 Å². The van der Waals surface area contributed by atoms with Gasteiger partial charge in [-0.25, -0.2) is 4.98 Å². The molecule has 3 rings (SSSR count). The second-order valence-electron chi connectivity index (χ2n) is 5.99. The molecule has 0 unspecified atom stereocenters. The van der Waals surface area contributed by atoms with Gasteiger partial charge in [-0.2, -0.15) is 0 Å². The first-order chi connectivity index (χ1) is 11.2. The number of hydrogen-bond acceptors (Lipinski definition) is 4.